The van der Waals surface area contributed by atoms with Crippen molar-refractivity contribution in [2.45, 2.75) is 45.7 Å². The summed E-state index contributed by atoms with van der Waals surface area (Å²) in [6, 6.07) is 7.38. The van der Waals surface area contributed by atoms with Gasteiger partial charge in [-0.1, -0.05) is 0 Å². The van der Waals surface area contributed by atoms with E-state index in [2.05, 4.69) is 22.2 Å². The van der Waals surface area contributed by atoms with Crippen molar-refractivity contribution in [2.24, 2.45) is 5.73 Å². The second-order valence-electron chi connectivity index (χ2n) is 7.09. The molecule has 0 fully saturated rings. The van der Waals surface area contributed by atoms with Crippen LogP contribution >= 0.6 is 31.6 Å². The molecule has 0 radical (unpaired) electrons. The third-order valence-electron chi connectivity index (χ3n) is 4.45. The molecular formula is C21H29IN4O2S. The summed E-state index contributed by atoms with van der Waals surface area (Å²) in [4.78, 5) is 21.3. The number of benzene rings is 1. The summed E-state index contributed by atoms with van der Waals surface area (Å²) < 4.78 is 9.27. The summed E-state index contributed by atoms with van der Waals surface area (Å²) in [5.41, 5.74) is 7.97. The summed E-state index contributed by atoms with van der Waals surface area (Å²) >= 11 is 0.305. The molecule has 0 aliphatic heterocycles. The summed E-state index contributed by atoms with van der Waals surface area (Å²) in [5, 5.41) is 2.89. The first-order valence-electron chi connectivity index (χ1n) is 9.75. The Kier molecular flexibility index (Phi) is 7.91. The zero-order chi connectivity index (χ0) is 20.8. The Morgan fingerprint density at radius 3 is 2.79 bits per heavy atom. The van der Waals surface area contributed by atoms with E-state index in [1.54, 1.807) is 11.3 Å². The van der Waals surface area contributed by atoms with E-state index in [1.165, 1.54) is 22.1 Å². The number of nitrogens with one attached hydrogen (secondary N) is 1. The molecule has 0 bridgehead atoms. The standard InChI is InChI=1S/C21H29IN4O2S/c1-4-5-10-22(3)28-18-8-6-16(7-9-18)11-19(23)20(27)24-12-17-14-26-13-15(2)29-21(26)25-17/h6-9,13-14,19H,4-5,10-12,23H2,1-3H3,(H,24,27)/t19-/m0/s1. The second-order valence-corrected chi connectivity index (χ2v) is 12.8. The predicted molar refractivity (Wildman–Crippen MR) is 128 cm³/mol. The van der Waals surface area contributed by atoms with E-state index in [1.807, 2.05) is 48.0 Å². The number of imidazole rings is 1. The van der Waals surface area contributed by atoms with Gasteiger partial charge in [-0.05, 0) is 6.92 Å². The fourth-order valence-electron chi connectivity index (χ4n) is 2.89. The number of hydrogen-bond donors (Lipinski definition) is 2. The van der Waals surface area contributed by atoms with E-state index in [-0.39, 0.29) is 5.91 Å². The molecule has 2 heterocycles. The van der Waals surface area contributed by atoms with Gasteiger partial charge in [-0.2, -0.15) is 0 Å². The van der Waals surface area contributed by atoms with Gasteiger partial charge in [0.05, 0.1) is 0 Å². The van der Waals surface area contributed by atoms with Crippen molar-refractivity contribution in [3.63, 3.8) is 0 Å². The van der Waals surface area contributed by atoms with Crippen LogP contribution in [-0.4, -0.2) is 30.7 Å². The molecule has 0 aliphatic rings. The number of aryl methyl sites for hydroxylation is 1. The molecule has 0 aliphatic carbocycles. The van der Waals surface area contributed by atoms with Gasteiger partial charge in [0.2, 0.25) is 0 Å². The van der Waals surface area contributed by atoms with Gasteiger partial charge in [-0.15, -0.1) is 11.3 Å². The molecule has 1 amide bonds. The van der Waals surface area contributed by atoms with Crippen LogP contribution in [0.5, 0.6) is 5.75 Å². The third kappa shape index (κ3) is 6.42. The number of unbranched alkanes of at least 4 members (excludes halogenated alkanes) is 1. The number of fused-ring (bicyclic) bond motifs is 1. The van der Waals surface area contributed by atoms with Crippen LogP contribution in [0.3, 0.4) is 0 Å². The SMILES string of the molecule is CCCCI(C)Oc1ccc(C[C@H](N)C(=O)NCc2cn3cc(C)sc3n2)cc1. The Hall–Kier alpha value is -1.65. The van der Waals surface area contributed by atoms with Gasteiger partial charge in [0.1, 0.15) is 0 Å². The number of hydrogen-bond acceptors (Lipinski definition) is 5. The van der Waals surface area contributed by atoms with Crippen molar-refractivity contribution < 1.29 is 7.86 Å². The van der Waals surface area contributed by atoms with Crippen LogP contribution in [0.4, 0.5) is 0 Å². The number of alkyl halides is 2. The first-order chi connectivity index (χ1) is 13.9. The zero-order valence-corrected chi connectivity index (χ0v) is 20.1. The normalized spacial score (nSPS) is 12.8. The average Bonchev–Trinajstić information content (AvgIpc) is 3.22. The fourth-order valence-corrected chi connectivity index (χ4v) is 6.94. The fraction of sp³-hybridized carbons (Fsp3) is 0.429. The van der Waals surface area contributed by atoms with E-state index >= 15 is 0 Å². The van der Waals surface area contributed by atoms with Gasteiger partial charge in [-0.3, -0.25) is 4.40 Å². The molecule has 158 valence electrons. The number of halogens is 1. The molecule has 1 atom stereocenters. The molecule has 0 saturated heterocycles. The average molecular weight is 528 g/mol. The van der Waals surface area contributed by atoms with E-state index in [9.17, 15) is 4.79 Å². The number of aromatic nitrogens is 2. The van der Waals surface area contributed by atoms with E-state index in [4.69, 9.17) is 8.80 Å². The first kappa shape index (κ1) is 22.0. The van der Waals surface area contributed by atoms with Crippen molar-refractivity contribution in [3.8, 4) is 5.75 Å². The number of nitrogens with two attached hydrogens (primary N) is 1. The van der Waals surface area contributed by atoms with Crippen molar-refractivity contribution in [1.29, 1.82) is 0 Å². The summed E-state index contributed by atoms with van der Waals surface area (Å²) in [6.45, 7) is 4.64. The number of thiazole rings is 1. The summed E-state index contributed by atoms with van der Waals surface area (Å²) in [6.07, 6.45) is 6.91. The third-order valence-corrected chi connectivity index (χ3v) is 8.91. The molecule has 2 aromatic heterocycles. The number of rotatable bonds is 10. The quantitative estimate of drug-likeness (QED) is 0.307. The topological polar surface area (TPSA) is 81.6 Å². The minimum atomic E-state index is -1.33. The molecule has 3 aromatic rings. The number of carbonyl (C=O) groups is 1. The van der Waals surface area contributed by atoms with E-state index in [0.29, 0.717) is 13.0 Å². The number of amides is 1. The van der Waals surface area contributed by atoms with Crippen LogP contribution in [0.1, 0.15) is 35.9 Å². The van der Waals surface area contributed by atoms with Crippen molar-refractivity contribution in [1.82, 2.24) is 14.7 Å². The number of carbonyl (C=O) groups excluding carboxylic acids is 1. The molecule has 8 heteroatoms. The second kappa shape index (κ2) is 10.4. The Balaban J connectivity index is 1.46. The maximum atomic E-state index is 12.4. The minimum absolute atomic E-state index is 0.167. The molecule has 0 saturated carbocycles. The van der Waals surface area contributed by atoms with Crippen LogP contribution in [0.15, 0.2) is 36.7 Å². The van der Waals surface area contributed by atoms with Gasteiger partial charge in [-0.25, -0.2) is 0 Å². The molecule has 6 nitrogen and oxygen atoms in total. The summed E-state index contributed by atoms with van der Waals surface area (Å²) in [7, 11) is 0. The van der Waals surface area contributed by atoms with Gasteiger partial charge in [0, 0.05) is 11.1 Å². The Morgan fingerprint density at radius 2 is 2.10 bits per heavy atom. The monoisotopic (exact) mass is 528 g/mol. The zero-order valence-electron chi connectivity index (χ0n) is 17.2. The van der Waals surface area contributed by atoms with Crippen LogP contribution in [-0.2, 0) is 17.8 Å². The van der Waals surface area contributed by atoms with Crippen molar-refractivity contribution in [3.05, 3.63) is 52.8 Å². The van der Waals surface area contributed by atoms with Gasteiger partial charge >= 0.3 is 146 Å². The van der Waals surface area contributed by atoms with E-state index < -0.39 is 26.3 Å². The van der Waals surface area contributed by atoms with Crippen LogP contribution < -0.4 is 14.1 Å². The van der Waals surface area contributed by atoms with Crippen LogP contribution in [0, 0.1) is 6.92 Å². The first-order valence-corrected chi connectivity index (χ1v) is 15.1. The Labute approximate surface area is 183 Å². The number of nitrogens with zero attached hydrogens (tertiary/aromatic N) is 2. The van der Waals surface area contributed by atoms with Crippen LogP contribution in [0.2, 0.25) is 0 Å². The van der Waals surface area contributed by atoms with Gasteiger partial charge in [0.25, 0.3) is 0 Å². The molecule has 3 N–H and O–H groups in total. The molecule has 29 heavy (non-hydrogen) atoms. The van der Waals surface area contributed by atoms with Gasteiger partial charge in [0.15, 0.2) is 4.96 Å². The Bertz CT molecular complexity index is 906. The van der Waals surface area contributed by atoms with Crippen LogP contribution in [0.25, 0.3) is 4.96 Å². The molecule has 0 unspecified atom stereocenters. The molecular weight excluding hydrogens is 499 g/mol. The van der Waals surface area contributed by atoms with E-state index in [0.717, 1.165) is 22.0 Å². The van der Waals surface area contributed by atoms with Gasteiger partial charge < -0.3 is 0 Å². The predicted octanol–water partition coefficient (Wildman–Crippen LogP) is 4.12. The molecule has 0 spiro atoms. The molecule has 3 rings (SSSR count). The Morgan fingerprint density at radius 1 is 1.34 bits per heavy atom. The molecule has 1 aromatic carbocycles. The summed E-state index contributed by atoms with van der Waals surface area (Å²) in [5.74, 6) is 0.755. The van der Waals surface area contributed by atoms with Crippen molar-refractivity contribution in [2.75, 3.05) is 9.36 Å². The maximum absolute atomic E-state index is 12.4. The van der Waals surface area contributed by atoms with Crippen molar-refractivity contribution >= 4 is 42.4 Å².